The molecule has 3 rings (SSSR count). The highest BCUT2D eigenvalue weighted by atomic mass is 32.2. The molecule has 0 unspecified atom stereocenters. The van der Waals surface area contributed by atoms with Gasteiger partial charge in [-0.25, -0.2) is 8.42 Å². The van der Waals surface area contributed by atoms with Crippen LogP contribution in [0, 0.1) is 6.92 Å². The average Bonchev–Trinajstić information content (AvgIpc) is 3.14. The lowest BCUT2D eigenvalue weighted by atomic mass is 10.1. The van der Waals surface area contributed by atoms with Crippen molar-refractivity contribution in [1.82, 2.24) is 5.32 Å². The third-order valence-corrected chi connectivity index (χ3v) is 6.09. The third-order valence-electron chi connectivity index (χ3n) is 4.98. The minimum atomic E-state index is -3.40. The van der Waals surface area contributed by atoms with Gasteiger partial charge in [0.2, 0.25) is 0 Å². The quantitative estimate of drug-likeness (QED) is 0.805. The van der Waals surface area contributed by atoms with Crippen molar-refractivity contribution in [2.24, 2.45) is 0 Å². The van der Waals surface area contributed by atoms with Crippen LogP contribution in [0.2, 0.25) is 0 Å². The molecule has 1 aliphatic carbocycles. The molecule has 0 saturated heterocycles. The summed E-state index contributed by atoms with van der Waals surface area (Å²) in [7, 11) is -3.40. The van der Waals surface area contributed by atoms with Crippen molar-refractivity contribution in [1.29, 1.82) is 0 Å². The molecule has 148 valence electrons. The first kappa shape index (κ1) is 20.1. The zero-order valence-corrected chi connectivity index (χ0v) is 16.8. The van der Waals surface area contributed by atoms with Gasteiger partial charge in [0.25, 0.3) is 11.8 Å². The Kier molecular flexibility index (Phi) is 5.84. The molecule has 6 nitrogen and oxygen atoms in total. The van der Waals surface area contributed by atoms with E-state index in [2.05, 4.69) is 10.6 Å². The summed E-state index contributed by atoms with van der Waals surface area (Å²) in [5.41, 5.74) is 2.05. The summed E-state index contributed by atoms with van der Waals surface area (Å²) in [4.78, 5) is 25.0. The first-order valence-electron chi connectivity index (χ1n) is 9.27. The third kappa shape index (κ3) is 4.78. The fraction of sp³-hybridized carbons (Fsp3) is 0.333. The molecule has 0 aliphatic heterocycles. The molecule has 0 atom stereocenters. The maximum absolute atomic E-state index is 12.6. The smallest absolute Gasteiger partial charge is 0.255 e. The van der Waals surface area contributed by atoms with Crippen LogP contribution in [0.15, 0.2) is 47.4 Å². The lowest BCUT2D eigenvalue weighted by Gasteiger charge is -2.12. The Morgan fingerprint density at radius 1 is 0.964 bits per heavy atom. The van der Waals surface area contributed by atoms with Gasteiger partial charge in [0.1, 0.15) is 0 Å². The van der Waals surface area contributed by atoms with E-state index in [1.165, 1.54) is 12.1 Å². The van der Waals surface area contributed by atoms with Crippen molar-refractivity contribution in [3.05, 3.63) is 59.2 Å². The van der Waals surface area contributed by atoms with Crippen molar-refractivity contribution >= 4 is 27.3 Å². The molecule has 0 heterocycles. The van der Waals surface area contributed by atoms with Gasteiger partial charge in [-0.2, -0.15) is 0 Å². The zero-order valence-electron chi connectivity index (χ0n) is 16.0. The van der Waals surface area contributed by atoms with Gasteiger partial charge in [0, 0.05) is 29.1 Å². The van der Waals surface area contributed by atoms with Crippen LogP contribution in [-0.2, 0) is 9.84 Å². The van der Waals surface area contributed by atoms with Gasteiger partial charge in [0.05, 0.1) is 4.90 Å². The first-order valence-corrected chi connectivity index (χ1v) is 11.2. The average molecular weight is 401 g/mol. The number of hydrogen-bond acceptors (Lipinski definition) is 4. The van der Waals surface area contributed by atoms with Crippen molar-refractivity contribution in [2.75, 3.05) is 11.6 Å². The molecule has 0 aromatic heterocycles. The van der Waals surface area contributed by atoms with Crippen molar-refractivity contribution in [3.63, 3.8) is 0 Å². The fourth-order valence-electron chi connectivity index (χ4n) is 3.32. The van der Waals surface area contributed by atoms with Gasteiger partial charge in [-0.3, -0.25) is 9.59 Å². The lowest BCUT2D eigenvalue weighted by molar-refractivity contribution is 0.0937. The predicted molar refractivity (Wildman–Crippen MR) is 108 cm³/mol. The van der Waals surface area contributed by atoms with Crippen molar-refractivity contribution in [3.8, 4) is 0 Å². The summed E-state index contributed by atoms with van der Waals surface area (Å²) in [5, 5.41) is 5.78. The SMILES string of the molecule is Cc1ccc(S(C)(=O)=O)cc1C(=O)Nc1ccc(C(=O)NC2CCCC2)cc1. The highest BCUT2D eigenvalue weighted by Crippen LogP contribution is 2.20. The predicted octanol–water partition coefficient (Wildman–Crippen LogP) is 3.32. The van der Waals surface area contributed by atoms with Crippen LogP contribution in [0.5, 0.6) is 0 Å². The van der Waals surface area contributed by atoms with Crippen molar-refractivity contribution < 1.29 is 18.0 Å². The maximum atomic E-state index is 12.6. The monoisotopic (exact) mass is 400 g/mol. The molecule has 1 saturated carbocycles. The summed E-state index contributed by atoms with van der Waals surface area (Å²) < 4.78 is 23.5. The Balaban J connectivity index is 1.70. The Morgan fingerprint density at radius 3 is 2.21 bits per heavy atom. The maximum Gasteiger partial charge on any atom is 0.255 e. The lowest BCUT2D eigenvalue weighted by Crippen LogP contribution is -2.32. The minimum absolute atomic E-state index is 0.0992. The summed E-state index contributed by atoms with van der Waals surface area (Å²) in [6.45, 7) is 1.75. The second kappa shape index (κ2) is 8.14. The topological polar surface area (TPSA) is 92.3 Å². The van der Waals surface area contributed by atoms with Crippen LogP contribution >= 0.6 is 0 Å². The Labute approximate surface area is 165 Å². The standard InChI is InChI=1S/C21H24N2O4S/c1-14-7-12-18(28(2,26)27)13-19(14)21(25)23-17-10-8-15(9-11-17)20(24)22-16-5-3-4-6-16/h7-13,16H,3-6H2,1-2H3,(H,22,24)(H,23,25). The highest BCUT2D eigenvalue weighted by molar-refractivity contribution is 7.90. The number of anilines is 1. The van der Waals surface area contributed by atoms with Gasteiger partial charge in [0.15, 0.2) is 9.84 Å². The fourth-order valence-corrected chi connectivity index (χ4v) is 3.97. The number of aryl methyl sites for hydroxylation is 1. The van der Waals surface area contributed by atoms with E-state index in [9.17, 15) is 18.0 Å². The van der Waals surface area contributed by atoms with Crippen LogP contribution in [0.25, 0.3) is 0 Å². The summed E-state index contributed by atoms with van der Waals surface area (Å²) >= 11 is 0. The number of rotatable bonds is 5. The number of carbonyl (C=O) groups excluding carboxylic acids is 2. The molecule has 28 heavy (non-hydrogen) atoms. The molecule has 0 spiro atoms. The summed E-state index contributed by atoms with van der Waals surface area (Å²) in [6, 6.07) is 11.4. The second-order valence-corrected chi connectivity index (χ2v) is 9.25. The largest absolute Gasteiger partial charge is 0.349 e. The molecule has 2 amide bonds. The molecule has 2 N–H and O–H groups in total. The number of hydrogen-bond donors (Lipinski definition) is 2. The number of carbonyl (C=O) groups is 2. The van der Waals surface area contributed by atoms with Gasteiger partial charge in [-0.05, 0) is 61.7 Å². The van der Waals surface area contributed by atoms with Gasteiger partial charge in [-0.15, -0.1) is 0 Å². The number of sulfone groups is 1. The van der Waals surface area contributed by atoms with E-state index in [4.69, 9.17) is 0 Å². The molecule has 0 radical (unpaired) electrons. The van der Waals surface area contributed by atoms with Crippen LogP contribution < -0.4 is 10.6 Å². The Bertz CT molecular complexity index is 992. The van der Waals surface area contributed by atoms with E-state index in [0.717, 1.165) is 31.9 Å². The van der Waals surface area contributed by atoms with Crippen LogP contribution in [-0.4, -0.2) is 32.5 Å². The van der Waals surface area contributed by atoms with Gasteiger partial charge >= 0.3 is 0 Å². The van der Waals surface area contributed by atoms with E-state index in [-0.39, 0.29) is 16.8 Å². The molecular weight excluding hydrogens is 376 g/mol. The molecule has 1 aliphatic rings. The second-order valence-electron chi connectivity index (χ2n) is 7.24. The van der Waals surface area contributed by atoms with E-state index in [0.29, 0.717) is 22.4 Å². The van der Waals surface area contributed by atoms with E-state index in [1.54, 1.807) is 37.3 Å². The van der Waals surface area contributed by atoms with Crippen LogP contribution in [0.3, 0.4) is 0 Å². The first-order chi connectivity index (χ1) is 13.2. The molecule has 2 aromatic rings. The number of benzene rings is 2. The van der Waals surface area contributed by atoms with Crippen LogP contribution in [0.1, 0.15) is 52.0 Å². The normalized spacial score (nSPS) is 14.6. The number of nitrogens with one attached hydrogen (secondary N) is 2. The molecule has 7 heteroatoms. The number of amides is 2. The summed E-state index contributed by atoms with van der Waals surface area (Å²) in [5.74, 6) is -0.507. The molecule has 2 aromatic carbocycles. The zero-order chi connectivity index (χ0) is 20.3. The van der Waals surface area contributed by atoms with Crippen molar-refractivity contribution in [2.45, 2.75) is 43.5 Å². The Morgan fingerprint density at radius 2 is 1.61 bits per heavy atom. The Hall–Kier alpha value is -2.67. The minimum Gasteiger partial charge on any atom is -0.349 e. The van der Waals surface area contributed by atoms with E-state index >= 15 is 0 Å². The molecule has 0 bridgehead atoms. The van der Waals surface area contributed by atoms with Gasteiger partial charge in [-0.1, -0.05) is 18.9 Å². The van der Waals surface area contributed by atoms with E-state index < -0.39 is 15.7 Å². The molecular formula is C21H24N2O4S. The van der Waals surface area contributed by atoms with Gasteiger partial charge < -0.3 is 10.6 Å². The molecule has 1 fully saturated rings. The van der Waals surface area contributed by atoms with Crippen LogP contribution in [0.4, 0.5) is 5.69 Å². The summed E-state index contributed by atoms with van der Waals surface area (Å²) in [6.07, 6.45) is 5.44. The highest BCUT2D eigenvalue weighted by Gasteiger charge is 2.18. The van der Waals surface area contributed by atoms with E-state index in [1.807, 2.05) is 0 Å².